The van der Waals surface area contributed by atoms with E-state index >= 15 is 0 Å². The van der Waals surface area contributed by atoms with Gasteiger partial charge in [0.25, 0.3) is 5.91 Å². The number of amides is 1. The van der Waals surface area contributed by atoms with E-state index in [2.05, 4.69) is 4.98 Å². The highest BCUT2D eigenvalue weighted by atomic mass is 35.5. The van der Waals surface area contributed by atoms with E-state index in [1.165, 1.54) is 0 Å². The van der Waals surface area contributed by atoms with Crippen LogP contribution in [0.15, 0.2) is 59.4 Å². The Morgan fingerprint density at radius 3 is 2.67 bits per heavy atom. The topological polar surface area (TPSA) is 33.2 Å². The molecule has 6 heteroatoms. The molecule has 0 radical (unpaired) electrons. The molecule has 3 rings (SSSR count). The standard InChI is InChI=1S/C18H14Cl2N2OS/c19-14-4-5-16(17(20)9-14)18(23)22(10-13-6-8-24-12-13)11-15-3-1-2-7-21-15/h1-9,12H,10-11H2. The number of rotatable bonds is 5. The minimum absolute atomic E-state index is 0.145. The van der Waals surface area contributed by atoms with Crippen molar-refractivity contribution in [3.8, 4) is 0 Å². The summed E-state index contributed by atoms with van der Waals surface area (Å²) in [5.74, 6) is -0.145. The molecule has 1 aromatic carbocycles. The number of hydrogen-bond donors (Lipinski definition) is 0. The Bertz CT molecular complexity index is 822. The second-order valence-electron chi connectivity index (χ2n) is 5.24. The third-order valence-corrected chi connectivity index (χ3v) is 4.76. The van der Waals surface area contributed by atoms with Gasteiger partial charge in [-0.1, -0.05) is 29.3 Å². The van der Waals surface area contributed by atoms with E-state index in [4.69, 9.17) is 23.2 Å². The number of thiophene rings is 1. The molecular formula is C18H14Cl2N2OS. The van der Waals surface area contributed by atoms with Gasteiger partial charge in [0.15, 0.2) is 0 Å². The van der Waals surface area contributed by atoms with Crippen molar-refractivity contribution >= 4 is 40.4 Å². The molecule has 24 heavy (non-hydrogen) atoms. The third kappa shape index (κ3) is 4.15. The van der Waals surface area contributed by atoms with Crippen LogP contribution in [0, 0.1) is 0 Å². The van der Waals surface area contributed by atoms with Gasteiger partial charge in [0.2, 0.25) is 0 Å². The highest BCUT2D eigenvalue weighted by Gasteiger charge is 2.20. The zero-order chi connectivity index (χ0) is 16.9. The molecule has 2 aromatic heterocycles. The van der Waals surface area contributed by atoms with Crippen LogP contribution >= 0.6 is 34.5 Å². The van der Waals surface area contributed by atoms with Gasteiger partial charge in [0, 0.05) is 17.8 Å². The molecule has 0 fully saturated rings. The Labute approximate surface area is 154 Å². The van der Waals surface area contributed by atoms with Crippen LogP contribution in [0.4, 0.5) is 0 Å². The normalized spacial score (nSPS) is 10.6. The highest BCUT2D eigenvalue weighted by Crippen LogP contribution is 2.24. The minimum atomic E-state index is -0.145. The Hall–Kier alpha value is -1.88. The molecule has 0 spiro atoms. The number of hydrogen-bond acceptors (Lipinski definition) is 3. The molecule has 0 saturated carbocycles. The lowest BCUT2D eigenvalue weighted by Gasteiger charge is -2.22. The lowest BCUT2D eigenvalue weighted by atomic mass is 10.1. The molecule has 0 aliphatic carbocycles. The van der Waals surface area contributed by atoms with Crippen molar-refractivity contribution in [1.29, 1.82) is 0 Å². The van der Waals surface area contributed by atoms with Gasteiger partial charge in [-0.05, 0) is 52.7 Å². The van der Waals surface area contributed by atoms with Crippen molar-refractivity contribution < 1.29 is 4.79 Å². The fourth-order valence-corrected chi connectivity index (χ4v) is 3.47. The van der Waals surface area contributed by atoms with Crippen molar-refractivity contribution in [1.82, 2.24) is 9.88 Å². The van der Waals surface area contributed by atoms with Gasteiger partial charge in [-0.3, -0.25) is 9.78 Å². The van der Waals surface area contributed by atoms with Crippen LogP contribution in [-0.4, -0.2) is 15.8 Å². The predicted molar refractivity (Wildman–Crippen MR) is 98.6 cm³/mol. The first kappa shape index (κ1) is 17.0. The molecule has 3 aromatic rings. The van der Waals surface area contributed by atoms with Gasteiger partial charge >= 0.3 is 0 Å². The molecule has 0 aliphatic rings. The second kappa shape index (κ2) is 7.79. The van der Waals surface area contributed by atoms with E-state index in [1.807, 2.05) is 35.0 Å². The Morgan fingerprint density at radius 2 is 2.00 bits per heavy atom. The lowest BCUT2D eigenvalue weighted by molar-refractivity contribution is 0.0728. The van der Waals surface area contributed by atoms with Crippen LogP contribution in [0.2, 0.25) is 10.0 Å². The van der Waals surface area contributed by atoms with Crippen LogP contribution in [0.25, 0.3) is 0 Å². The number of pyridine rings is 1. The fourth-order valence-electron chi connectivity index (χ4n) is 2.32. The minimum Gasteiger partial charge on any atom is -0.328 e. The van der Waals surface area contributed by atoms with Crippen LogP contribution in [-0.2, 0) is 13.1 Å². The Morgan fingerprint density at radius 1 is 1.12 bits per heavy atom. The number of halogens is 2. The average molecular weight is 377 g/mol. The average Bonchev–Trinajstić information content (AvgIpc) is 3.08. The van der Waals surface area contributed by atoms with E-state index < -0.39 is 0 Å². The summed E-state index contributed by atoms with van der Waals surface area (Å²) in [5.41, 5.74) is 2.34. The molecule has 0 bridgehead atoms. The van der Waals surface area contributed by atoms with Crippen LogP contribution in [0.3, 0.4) is 0 Å². The number of carbonyl (C=O) groups is 1. The summed E-state index contributed by atoms with van der Waals surface area (Å²) in [7, 11) is 0. The number of nitrogens with zero attached hydrogens (tertiary/aromatic N) is 2. The Balaban J connectivity index is 1.89. The van der Waals surface area contributed by atoms with Gasteiger partial charge in [-0.25, -0.2) is 0 Å². The van der Waals surface area contributed by atoms with Crippen LogP contribution in [0.5, 0.6) is 0 Å². The monoisotopic (exact) mass is 376 g/mol. The van der Waals surface area contributed by atoms with E-state index in [-0.39, 0.29) is 5.91 Å². The zero-order valence-electron chi connectivity index (χ0n) is 12.7. The van der Waals surface area contributed by atoms with Crippen molar-refractivity contribution in [3.63, 3.8) is 0 Å². The van der Waals surface area contributed by atoms with E-state index in [0.717, 1.165) is 11.3 Å². The van der Waals surface area contributed by atoms with Crippen molar-refractivity contribution in [2.24, 2.45) is 0 Å². The van der Waals surface area contributed by atoms with E-state index in [1.54, 1.807) is 40.6 Å². The Kier molecular flexibility index (Phi) is 5.51. The summed E-state index contributed by atoms with van der Waals surface area (Å²) in [6, 6.07) is 12.6. The van der Waals surface area contributed by atoms with Gasteiger partial charge in [-0.15, -0.1) is 0 Å². The third-order valence-electron chi connectivity index (χ3n) is 3.48. The summed E-state index contributed by atoms with van der Waals surface area (Å²) in [6.07, 6.45) is 1.72. The van der Waals surface area contributed by atoms with Crippen LogP contribution < -0.4 is 0 Å². The SMILES string of the molecule is O=C(c1ccc(Cl)cc1Cl)N(Cc1ccsc1)Cc1ccccn1. The quantitative estimate of drug-likeness (QED) is 0.605. The first-order valence-electron chi connectivity index (χ1n) is 7.29. The van der Waals surface area contributed by atoms with Crippen molar-refractivity contribution in [2.75, 3.05) is 0 Å². The maximum Gasteiger partial charge on any atom is 0.256 e. The van der Waals surface area contributed by atoms with Gasteiger partial charge in [0.05, 0.1) is 22.8 Å². The molecule has 0 N–H and O–H groups in total. The lowest BCUT2D eigenvalue weighted by Crippen LogP contribution is -2.30. The molecular weight excluding hydrogens is 363 g/mol. The first-order chi connectivity index (χ1) is 11.6. The van der Waals surface area contributed by atoms with Gasteiger partial charge in [0.1, 0.15) is 0 Å². The van der Waals surface area contributed by atoms with Crippen molar-refractivity contribution in [2.45, 2.75) is 13.1 Å². The van der Waals surface area contributed by atoms with E-state index in [0.29, 0.717) is 28.7 Å². The predicted octanol–water partition coefficient (Wildman–Crippen LogP) is 5.29. The zero-order valence-corrected chi connectivity index (χ0v) is 15.0. The maximum atomic E-state index is 13.0. The largest absolute Gasteiger partial charge is 0.328 e. The summed E-state index contributed by atoms with van der Waals surface area (Å²) in [6.45, 7) is 0.909. The van der Waals surface area contributed by atoms with Crippen LogP contribution in [0.1, 0.15) is 21.6 Å². The molecule has 2 heterocycles. The molecule has 0 saturated heterocycles. The number of benzene rings is 1. The summed E-state index contributed by atoms with van der Waals surface area (Å²) < 4.78 is 0. The summed E-state index contributed by atoms with van der Waals surface area (Å²) in [4.78, 5) is 19.0. The molecule has 122 valence electrons. The van der Waals surface area contributed by atoms with Crippen molar-refractivity contribution in [3.05, 3.63) is 86.3 Å². The molecule has 0 aliphatic heterocycles. The highest BCUT2D eigenvalue weighted by molar-refractivity contribution is 7.07. The molecule has 1 amide bonds. The molecule has 3 nitrogen and oxygen atoms in total. The number of carbonyl (C=O) groups excluding carboxylic acids is 1. The molecule has 0 unspecified atom stereocenters. The summed E-state index contributed by atoms with van der Waals surface area (Å²) >= 11 is 13.7. The second-order valence-corrected chi connectivity index (χ2v) is 6.86. The first-order valence-corrected chi connectivity index (χ1v) is 8.98. The molecule has 0 atom stereocenters. The smallest absolute Gasteiger partial charge is 0.256 e. The van der Waals surface area contributed by atoms with E-state index in [9.17, 15) is 4.79 Å². The summed E-state index contributed by atoms with van der Waals surface area (Å²) in [5, 5.41) is 4.88. The maximum absolute atomic E-state index is 13.0. The number of aromatic nitrogens is 1. The fraction of sp³-hybridized carbons (Fsp3) is 0.111. The van der Waals surface area contributed by atoms with Gasteiger partial charge in [-0.2, -0.15) is 11.3 Å². The van der Waals surface area contributed by atoms with Gasteiger partial charge < -0.3 is 4.90 Å².